The Kier molecular flexibility index (Phi) is 3.65. The standard InChI is InChI=1S/C12H24N2O/c1-3-12-11-5-13-4-10(11)7-14(12)6-9(2)8-15/h9-13,15H,3-8H2,1-2H3. The number of aliphatic hydroxyl groups excluding tert-OH is 1. The molecule has 4 atom stereocenters. The predicted molar refractivity (Wildman–Crippen MR) is 61.8 cm³/mol. The van der Waals surface area contributed by atoms with E-state index >= 15 is 0 Å². The van der Waals surface area contributed by atoms with E-state index in [0.717, 1.165) is 24.4 Å². The molecule has 0 aromatic carbocycles. The van der Waals surface area contributed by atoms with Crippen LogP contribution in [0.1, 0.15) is 20.3 Å². The highest BCUT2D eigenvalue weighted by Crippen LogP contribution is 2.34. The van der Waals surface area contributed by atoms with Gasteiger partial charge in [-0.25, -0.2) is 0 Å². The molecule has 0 spiro atoms. The van der Waals surface area contributed by atoms with E-state index in [4.69, 9.17) is 5.11 Å². The molecule has 0 radical (unpaired) electrons. The third-order valence-electron chi connectivity index (χ3n) is 4.10. The first-order valence-electron chi connectivity index (χ1n) is 6.31. The molecule has 2 heterocycles. The number of nitrogens with one attached hydrogen (secondary N) is 1. The van der Waals surface area contributed by atoms with Gasteiger partial charge in [0.05, 0.1) is 0 Å². The highest BCUT2D eigenvalue weighted by molar-refractivity contribution is 4.98. The number of likely N-dealkylation sites (tertiary alicyclic amines) is 1. The maximum absolute atomic E-state index is 9.12. The van der Waals surface area contributed by atoms with Crippen molar-refractivity contribution in [2.45, 2.75) is 26.3 Å². The number of hydrogen-bond acceptors (Lipinski definition) is 3. The molecule has 2 saturated heterocycles. The molecule has 2 N–H and O–H groups in total. The topological polar surface area (TPSA) is 35.5 Å². The van der Waals surface area contributed by atoms with Crippen molar-refractivity contribution in [2.24, 2.45) is 17.8 Å². The van der Waals surface area contributed by atoms with Crippen LogP contribution in [0.5, 0.6) is 0 Å². The summed E-state index contributed by atoms with van der Waals surface area (Å²) in [6, 6.07) is 0.749. The minimum absolute atomic E-state index is 0.320. The van der Waals surface area contributed by atoms with Gasteiger partial charge in [-0.05, 0) is 37.3 Å². The first kappa shape index (κ1) is 11.4. The van der Waals surface area contributed by atoms with Crippen molar-refractivity contribution in [1.29, 1.82) is 0 Å². The summed E-state index contributed by atoms with van der Waals surface area (Å²) >= 11 is 0. The fourth-order valence-corrected chi connectivity index (χ4v) is 3.34. The van der Waals surface area contributed by atoms with Crippen molar-refractivity contribution < 1.29 is 5.11 Å². The minimum atomic E-state index is 0.320. The molecule has 3 nitrogen and oxygen atoms in total. The van der Waals surface area contributed by atoms with Gasteiger partial charge in [0, 0.05) is 25.7 Å². The molecule has 15 heavy (non-hydrogen) atoms. The summed E-state index contributed by atoms with van der Waals surface area (Å²) < 4.78 is 0. The minimum Gasteiger partial charge on any atom is -0.396 e. The molecule has 0 aliphatic carbocycles. The van der Waals surface area contributed by atoms with Crippen molar-refractivity contribution in [3.63, 3.8) is 0 Å². The average Bonchev–Trinajstić information content (AvgIpc) is 2.77. The van der Waals surface area contributed by atoms with Crippen LogP contribution in [-0.2, 0) is 0 Å². The van der Waals surface area contributed by atoms with Gasteiger partial charge in [-0.15, -0.1) is 0 Å². The first-order valence-corrected chi connectivity index (χ1v) is 6.31. The summed E-state index contributed by atoms with van der Waals surface area (Å²) in [6.45, 7) is 9.46. The highest BCUT2D eigenvalue weighted by Gasteiger charge is 2.42. The van der Waals surface area contributed by atoms with E-state index in [2.05, 4.69) is 24.1 Å². The van der Waals surface area contributed by atoms with Gasteiger partial charge in [-0.2, -0.15) is 0 Å². The second-order valence-electron chi connectivity index (χ2n) is 5.30. The third kappa shape index (κ3) is 2.19. The fraction of sp³-hybridized carbons (Fsp3) is 1.00. The molecule has 2 fully saturated rings. The van der Waals surface area contributed by atoms with E-state index < -0.39 is 0 Å². The van der Waals surface area contributed by atoms with E-state index in [-0.39, 0.29) is 0 Å². The van der Waals surface area contributed by atoms with Gasteiger partial charge < -0.3 is 10.4 Å². The molecule has 0 saturated carbocycles. The van der Waals surface area contributed by atoms with Crippen LogP contribution < -0.4 is 5.32 Å². The van der Waals surface area contributed by atoms with Crippen LogP contribution in [0.2, 0.25) is 0 Å². The maximum Gasteiger partial charge on any atom is 0.0468 e. The highest BCUT2D eigenvalue weighted by atomic mass is 16.3. The zero-order chi connectivity index (χ0) is 10.8. The Morgan fingerprint density at radius 1 is 1.47 bits per heavy atom. The number of aliphatic hydroxyl groups is 1. The van der Waals surface area contributed by atoms with E-state index in [0.29, 0.717) is 12.5 Å². The van der Waals surface area contributed by atoms with Gasteiger partial charge in [0.15, 0.2) is 0 Å². The molecular weight excluding hydrogens is 188 g/mol. The Morgan fingerprint density at radius 2 is 2.27 bits per heavy atom. The van der Waals surface area contributed by atoms with Gasteiger partial charge in [0.1, 0.15) is 0 Å². The smallest absolute Gasteiger partial charge is 0.0468 e. The summed E-state index contributed by atoms with van der Waals surface area (Å²) in [5.41, 5.74) is 0. The van der Waals surface area contributed by atoms with Crippen LogP contribution in [-0.4, -0.2) is 48.8 Å². The van der Waals surface area contributed by atoms with Crippen molar-refractivity contribution in [2.75, 3.05) is 32.8 Å². The van der Waals surface area contributed by atoms with Crippen molar-refractivity contribution in [1.82, 2.24) is 10.2 Å². The number of rotatable bonds is 4. The van der Waals surface area contributed by atoms with Crippen LogP contribution >= 0.6 is 0 Å². The lowest BCUT2D eigenvalue weighted by Crippen LogP contribution is -2.38. The third-order valence-corrected chi connectivity index (χ3v) is 4.10. The van der Waals surface area contributed by atoms with Crippen molar-refractivity contribution in [3.8, 4) is 0 Å². The Balaban J connectivity index is 1.95. The largest absolute Gasteiger partial charge is 0.396 e. The Bertz CT molecular complexity index is 208. The Morgan fingerprint density at radius 3 is 2.93 bits per heavy atom. The lowest BCUT2D eigenvalue weighted by molar-refractivity contribution is 0.150. The molecule has 0 aromatic heterocycles. The molecule has 3 heteroatoms. The molecule has 0 bridgehead atoms. The van der Waals surface area contributed by atoms with Gasteiger partial charge in [0.2, 0.25) is 0 Å². The summed E-state index contributed by atoms with van der Waals surface area (Å²) in [5.74, 6) is 2.15. The molecular formula is C12H24N2O. The normalized spacial score (nSPS) is 38.2. The van der Waals surface area contributed by atoms with Gasteiger partial charge in [0.25, 0.3) is 0 Å². The van der Waals surface area contributed by atoms with E-state index in [1.54, 1.807) is 0 Å². The molecule has 2 rings (SSSR count). The Labute approximate surface area is 92.8 Å². The number of fused-ring (bicyclic) bond motifs is 1. The summed E-state index contributed by atoms with van der Waals surface area (Å²) in [5, 5.41) is 12.6. The monoisotopic (exact) mass is 212 g/mol. The lowest BCUT2D eigenvalue weighted by atomic mass is 9.93. The van der Waals surface area contributed by atoms with E-state index in [1.165, 1.54) is 26.1 Å². The first-order chi connectivity index (χ1) is 7.26. The average molecular weight is 212 g/mol. The molecule has 2 aliphatic heterocycles. The number of nitrogens with zero attached hydrogens (tertiary/aromatic N) is 1. The van der Waals surface area contributed by atoms with Crippen LogP contribution in [0.3, 0.4) is 0 Å². The van der Waals surface area contributed by atoms with Gasteiger partial charge in [-0.1, -0.05) is 13.8 Å². The van der Waals surface area contributed by atoms with E-state index in [9.17, 15) is 0 Å². The maximum atomic E-state index is 9.12. The zero-order valence-corrected chi connectivity index (χ0v) is 9.95. The Hall–Kier alpha value is -0.120. The molecule has 88 valence electrons. The fourth-order valence-electron chi connectivity index (χ4n) is 3.34. The zero-order valence-electron chi connectivity index (χ0n) is 9.95. The summed E-state index contributed by atoms with van der Waals surface area (Å²) in [7, 11) is 0. The van der Waals surface area contributed by atoms with Crippen LogP contribution in [0.4, 0.5) is 0 Å². The molecule has 0 aromatic rings. The van der Waals surface area contributed by atoms with Crippen LogP contribution in [0.25, 0.3) is 0 Å². The summed E-state index contributed by atoms with van der Waals surface area (Å²) in [4.78, 5) is 2.61. The van der Waals surface area contributed by atoms with Gasteiger partial charge in [-0.3, -0.25) is 4.90 Å². The number of hydrogen-bond donors (Lipinski definition) is 2. The van der Waals surface area contributed by atoms with Crippen molar-refractivity contribution >= 4 is 0 Å². The SMILES string of the molecule is CCC1C2CNCC2CN1CC(C)CO. The predicted octanol–water partition coefficient (Wildman–Crippen LogP) is 0.545. The summed E-state index contributed by atoms with van der Waals surface area (Å²) in [6.07, 6.45) is 1.25. The second kappa shape index (κ2) is 4.81. The van der Waals surface area contributed by atoms with Crippen molar-refractivity contribution in [3.05, 3.63) is 0 Å². The van der Waals surface area contributed by atoms with E-state index in [1.807, 2.05) is 0 Å². The quantitative estimate of drug-likeness (QED) is 0.714. The molecule has 4 unspecified atom stereocenters. The van der Waals surface area contributed by atoms with Gasteiger partial charge >= 0.3 is 0 Å². The van der Waals surface area contributed by atoms with Crippen LogP contribution in [0.15, 0.2) is 0 Å². The van der Waals surface area contributed by atoms with Crippen LogP contribution in [0, 0.1) is 17.8 Å². The molecule has 2 aliphatic rings. The molecule has 0 amide bonds. The lowest BCUT2D eigenvalue weighted by Gasteiger charge is -2.28. The second-order valence-corrected chi connectivity index (χ2v) is 5.30.